The molecule has 128 valence electrons. The van der Waals surface area contributed by atoms with Crippen LogP contribution < -0.4 is 5.32 Å². The fourth-order valence-electron chi connectivity index (χ4n) is 3.68. The molecule has 2 N–H and O–H groups in total. The van der Waals surface area contributed by atoms with Crippen LogP contribution in [0, 0.1) is 10.7 Å². The predicted molar refractivity (Wildman–Crippen MR) is 90.7 cm³/mol. The number of carbonyl (C=O) groups is 1. The Bertz CT molecular complexity index is 913. The summed E-state index contributed by atoms with van der Waals surface area (Å²) in [6.07, 6.45) is 0.694. The molecule has 2 aliphatic heterocycles. The zero-order chi connectivity index (χ0) is 17.7. The van der Waals surface area contributed by atoms with Gasteiger partial charge in [0.05, 0.1) is 5.69 Å². The summed E-state index contributed by atoms with van der Waals surface area (Å²) in [5.74, 6) is -0.967. The summed E-state index contributed by atoms with van der Waals surface area (Å²) in [5, 5.41) is 15.9. The van der Waals surface area contributed by atoms with Crippen molar-refractivity contribution < 1.29 is 14.3 Å². The number of nitrogens with zero attached hydrogens (tertiary/aromatic N) is 2. The van der Waals surface area contributed by atoms with E-state index in [2.05, 4.69) is 15.4 Å². The first-order valence-electron chi connectivity index (χ1n) is 7.99. The Labute approximate surface area is 143 Å². The molecule has 0 aromatic heterocycles. The van der Waals surface area contributed by atoms with E-state index < -0.39 is 17.8 Å². The first kappa shape index (κ1) is 15.7. The molecule has 2 heterocycles. The van der Waals surface area contributed by atoms with Gasteiger partial charge in [-0.25, -0.2) is 4.39 Å². The summed E-state index contributed by atoms with van der Waals surface area (Å²) in [7, 11) is 1.97. The fourth-order valence-corrected chi connectivity index (χ4v) is 3.68. The van der Waals surface area contributed by atoms with Gasteiger partial charge in [-0.15, -0.1) is 4.91 Å². The third-order valence-corrected chi connectivity index (χ3v) is 4.90. The molecule has 25 heavy (non-hydrogen) atoms. The molecular weight excluding hydrogens is 325 g/mol. The second kappa shape index (κ2) is 5.63. The molecular formula is C18H16FN3O3. The van der Waals surface area contributed by atoms with Crippen molar-refractivity contribution in [2.45, 2.75) is 19.0 Å². The zero-order valence-corrected chi connectivity index (χ0v) is 13.5. The van der Waals surface area contributed by atoms with Gasteiger partial charge in [-0.1, -0.05) is 5.18 Å². The van der Waals surface area contributed by atoms with E-state index in [0.29, 0.717) is 35.3 Å². The van der Waals surface area contributed by atoms with Crippen LogP contribution >= 0.6 is 0 Å². The van der Waals surface area contributed by atoms with Gasteiger partial charge in [0.15, 0.2) is 6.04 Å². The van der Waals surface area contributed by atoms with Crippen molar-refractivity contribution in [3.05, 3.63) is 51.7 Å². The summed E-state index contributed by atoms with van der Waals surface area (Å²) in [6, 6.07) is 4.31. The molecule has 0 fully saturated rings. The lowest BCUT2D eigenvalue weighted by molar-refractivity contribution is -0.116. The van der Waals surface area contributed by atoms with E-state index in [1.54, 1.807) is 6.07 Å². The number of phenols is 1. The second-order valence-electron chi connectivity index (χ2n) is 6.49. The van der Waals surface area contributed by atoms with Gasteiger partial charge in [0.25, 0.3) is 5.91 Å². The fraction of sp³-hybridized carbons (Fsp3) is 0.278. The number of nitrogens with one attached hydrogen (secondary N) is 1. The molecule has 0 saturated heterocycles. The van der Waals surface area contributed by atoms with Crippen LogP contribution in [-0.2, 0) is 17.8 Å². The summed E-state index contributed by atoms with van der Waals surface area (Å²) in [6.45, 7) is 1.39. The van der Waals surface area contributed by atoms with E-state index in [9.17, 15) is 19.2 Å². The molecule has 7 heteroatoms. The number of amides is 1. The van der Waals surface area contributed by atoms with Crippen LogP contribution in [0.1, 0.15) is 22.7 Å². The van der Waals surface area contributed by atoms with Crippen molar-refractivity contribution in [2.24, 2.45) is 5.18 Å². The van der Waals surface area contributed by atoms with Gasteiger partial charge in [0, 0.05) is 24.2 Å². The number of nitroso groups, excluding NO2 is 1. The van der Waals surface area contributed by atoms with E-state index in [1.165, 1.54) is 18.2 Å². The van der Waals surface area contributed by atoms with Crippen LogP contribution in [0.25, 0.3) is 11.1 Å². The number of anilines is 1. The molecule has 0 aliphatic carbocycles. The molecule has 0 saturated carbocycles. The molecule has 6 nitrogen and oxygen atoms in total. The van der Waals surface area contributed by atoms with Crippen molar-refractivity contribution in [3.8, 4) is 16.9 Å². The number of fused-ring (bicyclic) bond motifs is 3. The highest BCUT2D eigenvalue weighted by Gasteiger charge is 2.36. The van der Waals surface area contributed by atoms with E-state index in [0.717, 1.165) is 17.7 Å². The Hall–Kier alpha value is -2.80. The predicted octanol–water partition coefficient (Wildman–Crippen LogP) is 2.95. The monoisotopic (exact) mass is 341 g/mol. The number of likely N-dealkylation sites (N-methyl/N-ethyl adjacent to an activating group) is 1. The number of rotatable bonds is 2. The molecule has 2 aliphatic rings. The Morgan fingerprint density at radius 3 is 2.84 bits per heavy atom. The first-order chi connectivity index (χ1) is 12.0. The minimum atomic E-state index is -1.12. The molecule has 0 bridgehead atoms. The SMILES string of the molecule is CN1CCc2c(-c3cc(F)ccc3O)cc3c(c2C1)NC(=O)C3N=O. The lowest BCUT2D eigenvalue weighted by Gasteiger charge is -2.29. The summed E-state index contributed by atoms with van der Waals surface area (Å²) in [4.78, 5) is 25.3. The second-order valence-corrected chi connectivity index (χ2v) is 6.49. The molecule has 2 aromatic rings. The maximum Gasteiger partial charge on any atom is 0.257 e. The van der Waals surface area contributed by atoms with Crippen LogP contribution in [0.3, 0.4) is 0 Å². The van der Waals surface area contributed by atoms with E-state index in [1.807, 2.05) is 7.05 Å². The average molecular weight is 341 g/mol. The molecule has 1 unspecified atom stereocenters. The number of carbonyl (C=O) groups excluding carboxylic acids is 1. The first-order valence-corrected chi connectivity index (χ1v) is 7.99. The number of hydrogen-bond acceptors (Lipinski definition) is 5. The summed E-state index contributed by atoms with van der Waals surface area (Å²) < 4.78 is 13.8. The molecule has 0 radical (unpaired) electrons. The van der Waals surface area contributed by atoms with Crippen molar-refractivity contribution in [2.75, 3.05) is 18.9 Å². The van der Waals surface area contributed by atoms with Crippen LogP contribution in [-0.4, -0.2) is 29.5 Å². The summed E-state index contributed by atoms with van der Waals surface area (Å²) >= 11 is 0. The van der Waals surface area contributed by atoms with E-state index in [-0.39, 0.29) is 5.75 Å². The standard InChI is InChI=1S/C18H16FN3O3/c1-22-5-4-10-11(12-6-9(19)2-3-15(12)23)7-13-16(14(10)8-22)20-18(24)17(13)21-25/h2-3,6-7,17,23H,4-5,8H2,1H3,(H,20,24). The largest absolute Gasteiger partial charge is 0.507 e. The van der Waals surface area contributed by atoms with E-state index >= 15 is 0 Å². The topological polar surface area (TPSA) is 82.0 Å². The lowest BCUT2D eigenvalue weighted by atomic mass is 9.86. The number of phenolic OH excluding ortho intramolecular Hbond substituents is 1. The Morgan fingerprint density at radius 2 is 2.08 bits per heavy atom. The van der Waals surface area contributed by atoms with Gasteiger partial charge in [-0.05, 0) is 54.4 Å². The van der Waals surface area contributed by atoms with Crippen molar-refractivity contribution in [1.82, 2.24) is 4.90 Å². The maximum atomic E-state index is 13.8. The van der Waals surface area contributed by atoms with Gasteiger partial charge < -0.3 is 15.3 Å². The average Bonchev–Trinajstić information content (AvgIpc) is 2.91. The number of halogens is 1. The highest BCUT2D eigenvalue weighted by molar-refractivity contribution is 6.04. The maximum absolute atomic E-state index is 13.8. The molecule has 1 amide bonds. The normalized spacial score (nSPS) is 19.3. The molecule has 0 spiro atoms. The van der Waals surface area contributed by atoms with Gasteiger partial charge in [-0.2, -0.15) is 0 Å². The lowest BCUT2D eigenvalue weighted by Crippen LogP contribution is -2.27. The summed E-state index contributed by atoms with van der Waals surface area (Å²) in [5.41, 5.74) is 3.94. The molecule has 2 aromatic carbocycles. The van der Waals surface area contributed by atoms with Gasteiger partial charge >= 0.3 is 0 Å². The number of hydrogen-bond donors (Lipinski definition) is 2. The minimum Gasteiger partial charge on any atom is -0.507 e. The van der Waals surface area contributed by atoms with Crippen molar-refractivity contribution in [3.63, 3.8) is 0 Å². The Kier molecular flexibility index (Phi) is 3.54. The van der Waals surface area contributed by atoms with E-state index in [4.69, 9.17) is 0 Å². The zero-order valence-electron chi connectivity index (χ0n) is 13.5. The van der Waals surface area contributed by atoms with Gasteiger partial charge in [-0.3, -0.25) is 4.79 Å². The van der Waals surface area contributed by atoms with Crippen LogP contribution in [0.4, 0.5) is 10.1 Å². The Morgan fingerprint density at radius 1 is 1.28 bits per heavy atom. The molecule has 4 rings (SSSR count). The van der Waals surface area contributed by atoms with Crippen LogP contribution in [0.5, 0.6) is 5.75 Å². The highest BCUT2D eigenvalue weighted by atomic mass is 19.1. The number of benzene rings is 2. The third kappa shape index (κ3) is 2.39. The van der Waals surface area contributed by atoms with Crippen LogP contribution in [0.15, 0.2) is 29.4 Å². The smallest absolute Gasteiger partial charge is 0.257 e. The highest BCUT2D eigenvalue weighted by Crippen LogP contribution is 2.45. The van der Waals surface area contributed by atoms with Gasteiger partial charge in [0.1, 0.15) is 11.6 Å². The third-order valence-electron chi connectivity index (χ3n) is 4.90. The minimum absolute atomic E-state index is 0.0460. The van der Waals surface area contributed by atoms with Crippen molar-refractivity contribution >= 4 is 11.6 Å². The van der Waals surface area contributed by atoms with Crippen molar-refractivity contribution in [1.29, 1.82) is 0 Å². The Balaban J connectivity index is 2.01. The number of aromatic hydroxyl groups is 1. The molecule has 1 atom stereocenters. The quantitative estimate of drug-likeness (QED) is 0.823. The van der Waals surface area contributed by atoms with Gasteiger partial charge in [0.2, 0.25) is 0 Å². The van der Waals surface area contributed by atoms with Crippen LogP contribution in [0.2, 0.25) is 0 Å².